The van der Waals surface area contributed by atoms with Crippen molar-refractivity contribution in [2.24, 2.45) is 0 Å². The fourth-order valence-corrected chi connectivity index (χ4v) is 3.77. The number of para-hydroxylation sites is 1. The highest BCUT2D eigenvalue weighted by Gasteiger charge is 2.56. The Hall–Kier alpha value is -3.35. The zero-order valence-corrected chi connectivity index (χ0v) is 16.2. The number of rotatable bonds is 6. The van der Waals surface area contributed by atoms with Crippen molar-refractivity contribution in [1.82, 2.24) is 5.32 Å². The quantitative estimate of drug-likeness (QED) is 0.739. The highest BCUT2D eigenvalue weighted by atomic mass is 16.5. The summed E-state index contributed by atoms with van der Waals surface area (Å²) in [4.78, 5) is 39.8. The minimum atomic E-state index is -1.42. The summed E-state index contributed by atoms with van der Waals surface area (Å²) in [5.41, 5.74) is 0.00619. The van der Waals surface area contributed by atoms with E-state index in [1.54, 1.807) is 48.5 Å². The Morgan fingerprint density at radius 3 is 2.69 bits per heavy atom. The third-order valence-electron chi connectivity index (χ3n) is 5.30. The van der Waals surface area contributed by atoms with E-state index in [2.05, 4.69) is 17.6 Å². The lowest BCUT2D eigenvalue weighted by Gasteiger charge is -2.41. The van der Waals surface area contributed by atoms with Gasteiger partial charge in [0.15, 0.2) is 0 Å². The fraction of sp³-hybridized carbons (Fsp3) is 0.318. The Labute approximate surface area is 169 Å². The molecule has 7 heteroatoms. The zero-order chi connectivity index (χ0) is 20.4. The zero-order valence-electron chi connectivity index (χ0n) is 16.2. The van der Waals surface area contributed by atoms with Crippen molar-refractivity contribution in [2.75, 3.05) is 16.8 Å². The second-order valence-electron chi connectivity index (χ2n) is 7.24. The number of carbonyl (C=O) groups excluding carboxylic acids is 3. The van der Waals surface area contributed by atoms with Crippen LogP contribution in [0, 0.1) is 0 Å². The molecule has 0 bridgehead atoms. The molecule has 1 saturated heterocycles. The average molecular weight is 393 g/mol. The van der Waals surface area contributed by atoms with Gasteiger partial charge in [0.2, 0.25) is 11.6 Å². The van der Waals surface area contributed by atoms with Crippen LogP contribution in [0.15, 0.2) is 48.5 Å². The molecule has 150 valence electrons. The third-order valence-corrected chi connectivity index (χ3v) is 5.30. The Morgan fingerprint density at radius 1 is 1.17 bits per heavy atom. The molecule has 0 spiro atoms. The highest BCUT2D eigenvalue weighted by Crippen LogP contribution is 2.39. The van der Waals surface area contributed by atoms with E-state index in [0.29, 0.717) is 23.5 Å². The molecule has 0 saturated carbocycles. The number of hydrogen-bond donors (Lipinski definition) is 2. The van der Waals surface area contributed by atoms with Crippen molar-refractivity contribution >= 4 is 29.1 Å². The molecule has 0 aliphatic carbocycles. The summed E-state index contributed by atoms with van der Waals surface area (Å²) in [5.74, 6) is -0.258. The summed E-state index contributed by atoms with van der Waals surface area (Å²) in [6.07, 6.45) is 2.44. The van der Waals surface area contributed by atoms with Crippen LogP contribution in [0.5, 0.6) is 5.75 Å². The summed E-state index contributed by atoms with van der Waals surface area (Å²) in [6, 6.07) is 13.9. The molecule has 29 heavy (non-hydrogen) atoms. The van der Waals surface area contributed by atoms with Crippen LogP contribution in [-0.2, 0) is 9.59 Å². The van der Waals surface area contributed by atoms with E-state index < -0.39 is 11.6 Å². The summed E-state index contributed by atoms with van der Waals surface area (Å²) in [7, 11) is 0. The molecular weight excluding hydrogens is 370 g/mol. The molecule has 0 aromatic heterocycles. The molecule has 2 heterocycles. The molecule has 7 nitrogen and oxygen atoms in total. The lowest BCUT2D eigenvalue weighted by atomic mass is 9.98. The van der Waals surface area contributed by atoms with Crippen LogP contribution in [-0.4, -0.2) is 30.0 Å². The van der Waals surface area contributed by atoms with E-state index in [9.17, 15) is 14.4 Å². The predicted octanol–water partition coefficient (Wildman–Crippen LogP) is 3.07. The molecule has 0 radical (unpaired) electrons. The number of nitrogens with zero attached hydrogens (tertiary/aromatic N) is 1. The van der Waals surface area contributed by atoms with Gasteiger partial charge in [-0.05, 0) is 42.8 Å². The first-order chi connectivity index (χ1) is 14.0. The van der Waals surface area contributed by atoms with Gasteiger partial charge in [-0.1, -0.05) is 25.5 Å². The summed E-state index contributed by atoms with van der Waals surface area (Å²) >= 11 is 0. The van der Waals surface area contributed by atoms with E-state index in [1.165, 1.54) is 4.90 Å². The number of anilines is 2. The van der Waals surface area contributed by atoms with Crippen molar-refractivity contribution < 1.29 is 19.1 Å². The van der Waals surface area contributed by atoms with Crippen molar-refractivity contribution in [3.05, 3.63) is 54.1 Å². The SMILES string of the molecule is CCCCOc1ccc(NC(=O)C23CCC(=O)N2c2ccccc2C(=O)N3)cc1. The third kappa shape index (κ3) is 3.33. The minimum Gasteiger partial charge on any atom is -0.494 e. The Bertz CT molecular complexity index is 957. The van der Waals surface area contributed by atoms with Gasteiger partial charge in [-0.25, -0.2) is 0 Å². The minimum absolute atomic E-state index is 0.187. The van der Waals surface area contributed by atoms with Crippen LogP contribution in [0.1, 0.15) is 43.0 Å². The van der Waals surface area contributed by atoms with E-state index in [1.807, 2.05) is 0 Å². The van der Waals surface area contributed by atoms with Crippen molar-refractivity contribution in [1.29, 1.82) is 0 Å². The molecule has 2 N–H and O–H groups in total. The van der Waals surface area contributed by atoms with Gasteiger partial charge < -0.3 is 15.4 Å². The molecule has 2 aromatic rings. The number of carbonyl (C=O) groups is 3. The molecule has 2 aliphatic heterocycles. The number of fused-ring (bicyclic) bond motifs is 3. The summed E-state index contributed by atoms with van der Waals surface area (Å²) in [5, 5.41) is 5.61. The van der Waals surface area contributed by atoms with Gasteiger partial charge in [0.1, 0.15) is 5.75 Å². The Balaban J connectivity index is 1.56. The fourth-order valence-electron chi connectivity index (χ4n) is 3.77. The number of hydrogen-bond acceptors (Lipinski definition) is 4. The van der Waals surface area contributed by atoms with Crippen molar-refractivity contribution in [2.45, 2.75) is 38.3 Å². The molecule has 2 aromatic carbocycles. The maximum atomic E-state index is 13.2. The Kier molecular flexibility index (Phi) is 4.96. The van der Waals surface area contributed by atoms with Crippen LogP contribution in [0.2, 0.25) is 0 Å². The van der Waals surface area contributed by atoms with E-state index in [0.717, 1.165) is 18.6 Å². The number of nitrogens with one attached hydrogen (secondary N) is 2. The predicted molar refractivity (Wildman–Crippen MR) is 109 cm³/mol. The van der Waals surface area contributed by atoms with Crippen molar-refractivity contribution in [3.63, 3.8) is 0 Å². The molecule has 4 rings (SSSR count). The smallest absolute Gasteiger partial charge is 0.271 e. The molecule has 2 aliphatic rings. The Morgan fingerprint density at radius 2 is 1.93 bits per heavy atom. The average Bonchev–Trinajstić information content (AvgIpc) is 3.07. The van der Waals surface area contributed by atoms with Crippen LogP contribution in [0.3, 0.4) is 0 Å². The van der Waals surface area contributed by atoms with Gasteiger partial charge in [0.05, 0.1) is 17.9 Å². The molecule has 1 atom stereocenters. The number of amides is 3. The van der Waals surface area contributed by atoms with Crippen LogP contribution >= 0.6 is 0 Å². The normalized spacial score (nSPS) is 20.0. The second kappa shape index (κ2) is 7.58. The van der Waals surface area contributed by atoms with Gasteiger partial charge in [-0.2, -0.15) is 0 Å². The molecule has 3 amide bonds. The topological polar surface area (TPSA) is 87.7 Å². The largest absolute Gasteiger partial charge is 0.494 e. The first-order valence-corrected chi connectivity index (χ1v) is 9.84. The first kappa shape index (κ1) is 19.0. The van der Waals surface area contributed by atoms with Crippen LogP contribution < -0.4 is 20.3 Å². The first-order valence-electron chi connectivity index (χ1n) is 9.84. The monoisotopic (exact) mass is 393 g/mol. The summed E-state index contributed by atoms with van der Waals surface area (Å²) in [6.45, 7) is 2.74. The second-order valence-corrected chi connectivity index (χ2v) is 7.24. The van der Waals surface area contributed by atoms with Gasteiger partial charge in [-0.3, -0.25) is 19.3 Å². The van der Waals surface area contributed by atoms with Crippen LogP contribution in [0.25, 0.3) is 0 Å². The van der Waals surface area contributed by atoms with Gasteiger partial charge in [-0.15, -0.1) is 0 Å². The van der Waals surface area contributed by atoms with E-state index >= 15 is 0 Å². The van der Waals surface area contributed by atoms with Gasteiger partial charge in [0.25, 0.3) is 11.8 Å². The molecule has 1 unspecified atom stereocenters. The molecular formula is C22H23N3O4. The maximum absolute atomic E-state index is 13.2. The van der Waals surface area contributed by atoms with E-state index in [-0.39, 0.29) is 24.7 Å². The van der Waals surface area contributed by atoms with Crippen molar-refractivity contribution in [3.8, 4) is 5.75 Å². The lowest BCUT2D eigenvalue weighted by molar-refractivity contribution is -0.124. The number of benzene rings is 2. The molecule has 1 fully saturated rings. The van der Waals surface area contributed by atoms with Gasteiger partial charge >= 0.3 is 0 Å². The van der Waals surface area contributed by atoms with Gasteiger partial charge in [0, 0.05) is 18.5 Å². The number of ether oxygens (including phenoxy) is 1. The highest BCUT2D eigenvalue weighted by molar-refractivity contribution is 6.18. The number of unbranched alkanes of at least 4 members (excludes halogenated alkanes) is 1. The van der Waals surface area contributed by atoms with E-state index in [4.69, 9.17) is 4.74 Å². The lowest BCUT2D eigenvalue weighted by Crippen LogP contribution is -2.68. The maximum Gasteiger partial charge on any atom is 0.271 e. The summed E-state index contributed by atoms with van der Waals surface area (Å²) < 4.78 is 5.64. The standard InChI is InChI=1S/C22H23N3O4/c1-2-3-14-29-16-10-8-15(9-11-16)23-21(28)22-13-12-19(26)25(22)18-7-5-4-6-17(18)20(27)24-22/h4-11H,2-3,12-14H2,1H3,(H,23,28)(H,24,27). The van der Waals surface area contributed by atoms with Crippen LogP contribution in [0.4, 0.5) is 11.4 Å².